The van der Waals surface area contributed by atoms with Crippen molar-refractivity contribution < 1.29 is 27.0 Å². The van der Waals surface area contributed by atoms with Crippen molar-refractivity contribution in [3.63, 3.8) is 0 Å². The lowest BCUT2D eigenvalue weighted by atomic mass is 10.1. The molecule has 0 unspecified atom stereocenters. The SMILES string of the molecule is FC(F)(Br)C(F)(F)[C@@H]1CO[C@H](c2ccc3ccccc3c2)O1. The highest BCUT2D eigenvalue weighted by atomic mass is 79.9. The summed E-state index contributed by atoms with van der Waals surface area (Å²) in [5.74, 6) is -4.36. The van der Waals surface area contributed by atoms with Gasteiger partial charge < -0.3 is 9.47 Å². The third-order valence-electron chi connectivity index (χ3n) is 3.51. The first-order chi connectivity index (χ1) is 10.3. The number of hydrogen-bond donors (Lipinski definition) is 0. The Morgan fingerprint density at radius 2 is 1.68 bits per heavy atom. The van der Waals surface area contributed by atoms with Gasteiger partial charge in [0, 0.05) is 5.56 Å². The lowest BCUT2D eigenvalue weighted by molar-refractivity contribution is -0.214. The normalized spacial score (nSPS) is 23.1. The average molecular weight is 379 g/mol. The summed E-state index contributed by atoms with van der Waals surface area (Å²) in [5, 5.41) is 1.85. The summed E-state index contributed by atoms with van der Waals surface area (Å²) in [5.41, 5.74) is 0.509. The number of halogens is 5. The molecule has 0 spiro atoms. The average Bonchev–Trinajstić information content (AvgIpc) is 2.96. The zero-order valence-electron chi connectivity index (χ0n) is 11.1. The van der Waals surface area contributed by atoms with E-state index in [9.17, 15) is 17.6 Å². The lowest BCUT2D eigenvalue weighted by Gasteiger charge is -2.25. The molecule has 22 heavy (non-hydrogen) atoms. The molecular weight excluding hydrogens is 368 g/mol. The third-order valence-corrected chi connectivity index (χ3v) is 4.04. The Bertz CT molecular complexity index is 687. The third kappa shape index (κ3) is 2.73. The van der Waals surface area contributed by atoms with Crippen LogP contribution in [0, 0.1) is 0 Å². The van der Waals surface area contributed by atoms with E-state index in [0.717, 1.165) is 10.8 Å². The van der Waals surface area contributed by atoms with E-state index in [1.54, 1.807) is 34.1 Å². The topological polar surface area (TPSA) is 18.5 Å². The summed E-state index contributed by atoms with van der Waals surface area (Å²) in [4.78, 5) is -4.35. The molecular formula is C15H11BrF4O2. The van der Waals surface area contributed by atoms with Gasteiger partial charge in [-0.25, -0.2) is 0 Å². The molecule has 1 saturated heterocycles. The van der Waals surface area contributed by atoms with Crippen LogP contribution >= 0.6 is 15.9 Å². The van der Waals surface area contributed by atoms with Crippen molar-refractivity contribution in [2.24, 2.45) is 0 Å². The van der Waals surface area contributed by atoms with Crippen LogP contribution in [0.25, 0.3) is 10.8 Å². The Morgan fingerprint density at radius 3 is 2.36 bits per heavy atom. The van der Waals surface area contributed by atoms with E-state index in [1.807, 2.05) is 24.3 Å². The van der Waals surface area contributed by atoms with Crippen molar-refractivity contribution in [1.29, 1.82) is 0 Å². The molecule has 3 rings (SSSR count). The van der Waals surface area contributed by atoms with Crippen LogP contribution in [-0.4, -0.2) is 23.5 Å². The predicted octanol–water partition coefficient (Wildman–Crippen LogP) is 4.88. The number of hydrogen-bond acceptors (Lipinski definition) is 2. The molecule has 0 amide bonds. The van der Waals surface area contributed by atoms with E-state index in [4.69, 9.17) is 9.47 Å². The van der Waals surface area contributed by atoms with E-state index in [0.29, 0.717) is 5.56 Å². The number of benzene rings is 2. The summed E-state index contributed by atoms with van der Waals surface area (Å²) >= 11 is 1.70. The quantitative estimate of drug-likeness (QED) is 0.559. The molecule has 0 saturated carbocycles. The van der Waals surface area contributed by atoms with Gasteiger partial charge in [0.1, 0.15) is 0 Å². The Labute approximate surface area is 132 Å². The Kier molecular flexibility index (Phi) is 3.91. The minimum Gasteiger partial charge on any atom is -0.345 e. The first kappa shape index (κ1) is 15.7. The standard InChI is InChI=1S/C15H11BrF4O2/c16-15(19,20)14(17,18)12-8-21-13(22-12)11-6-5-9-3-1-2-4-10(9)7-11/h1-7,12-13H,8H2/t12-,13-/m0/s1. The molecule has 2 aromatic carbocycles. The second-order valence-electron chi connectivity index (χ2n) is 5.02. The van der Waals surface area contributed by atoms with Crippen LogP contribution in [0.1, 0.15) is 11.9 Å². The van der Waals surface area contributed by atoms with Gasteiger partial charge in [-0.15, -0.1) is 0 Å². The molecule has 1 aliphatic heterocycles. The van der Waals surface area contributed by atoms with Gasteiger partial charge in [0.05, 0.1) is 6.61 Å². The van der Waals surface area contributed by atoms with Gasteiger partial charge in [0.2, 0.25) is 0 Å². The summed E-state index contributed by atoms with van der Waals surface area (Å²) in [6.07, 6.45) is -3.10. The Morgan fingerprint density at radius 1 is 1.00 bits per heavy atom. The molecule has 7 heteroatoms. The molecule has 2 nitrogen and oxygen atoms in total. The Hall–Kier alpha value is -1.18. The second kappa shape index (κ2) is 5.47. The second-order valence-corrected chi connectivity index (χ2v) is 6.01. The highest BCUT2D eigenvalue weighted by Gasteiger charge is 2.62. The summed E-state index contributed by atoms with van der Waals surface area (Å²) < 4.78 is 63.1. The maximum Gasteiger partial charge on any atom is 0.366 e. The smallest absolute Gasteiger partial charge is 0.345 e. The first-order valence-electron chi connectivity index (χ1n) is 6.49. The van der Waals surface area contributed by atoms with Gasteiger partial charge in [-0.05, 0) is 32.8 Å². The molecule has 0 aliphatic carbocycles. The van der Waals surface area contributed by atoms with Gasteiger partial charge >= 0.3 is 10.8 Å². The maximum absolute atomic E-state index is 13.6. The fourth-order valence-electron chi connectivity index (χ4n) is 2.30. The van der Waals surface area contributed by atoms with Crippen LogP contribution in [0.15, 0.2) is 42.5 Å². The van der Waals surface area contributed by atoms with E-state index in [2.05, 4.69) is 0 Å². The van der Waals surface area contributed by atoms with Crippen LogP contribution in [0.4, 0.5) is 17.6 Å². The molecule has 2 atom stereocenters. The van der Waals surface area contributed by atoms with Crippen molar-refractivity contribution in [3.05, 3.63) is 48.0 Å². The van der Waals surface area contributed by atoms with E-state index in [1.165, 1.54) is 0 Å². The molecule has 1 heterocycles. The fourth-order valence-corrected chi connectivity index (χ4v) is 2.56. The largest absolute Gasteiger partial charge is 0.366 e. The van der Waals surface area contributed by atoms with E-state index < -0.39 is 29.8 Å². The number of alkyl halides is 5. The van der Waals surface area contributed by atoms with Crippen molar-refractivity contribution in [1.82, 2.24) is 0 Å². The monoisotopic (exact) mass is 378 g/mol. The Balaban J connectivity index is 1.82. The van der Waals surface area contributed by atoms with Crippen molar-refractivity contribution >= 4 is 26.7 Å². The van der Waals surface area contributed by atoms with Crippen LogP contribution in [0.5, 0.6) is 0 Å². The van der Waals surface area contributed by atoms with Crippen molar-refractivity contribution in [3.8, 4) is 0 Å². The fraction of sp³-hybridized carbons (Fsp3) is 0.333. The molecule has 0 N–H and O–H groups in total. The summed E-state index contributed by atoms with van der Waals surface area (Å²) in [6.45, 7) is -0.605. The van der Waals surface area contributed by atoms with Gasteiger partial charge in [0.15, 0.2) is 12.4 Å². The maximum atomic E-state index is 13.6. The lowest BCUT2D eigenvalue weighted by Crippen LogP contribution is -2.47. The predicted molar refractivity (Wildman–Crippen MR) is 76.3 cm³/mol. The molecule has 1 aliphatic rings. The molecule has 0 bridgehead atoms. The zero-order valence-corrected chi connectivity index (χ0v) is 12.7. The van der Waals surface area contributed by atoms with Crippen LogP contribution in [-0.2, 0) is 9.47 Å². The molecule has 1 fully saturated rings. The minimum absolute atomic E-state index is 0.509. The number of rotatable bonds is 3. The highest BCUT2D eigenvalue weighted by Crippen LogP contribution is 2.46. The molecule has 0 radical (unpaired) electrons. The molecule has 2 aromatic rings. The molecule has 118 valence electrons. The minimum atomic E-state index is -4.36. The van der Waals surface area contributed by atoms with Gasteiger partial charge in [-0.3, -0.25) is 0 Å². The van der Waals surface area contributed by atoms with Crippen LogP contribution in [0.3, 0.4) is 0 Å². The number of ether oxygens (including phenoxy) is 2. The first-order valence-corrected chi connectivity index (χ1v) is 7.28. The van der Waals surface area contributed by atoms with E-state index in [-0.39, 0.29) is 0 Å². The van der Waals surface area contributed by atoms with Crippen LogP contribution < -0.4 is 0 Å². The summed E-state index contributed by atoms with van der Waals surface area (Å²) in [7, 11) is 0. The molecule has 0 aromatic heterocycles. The van der Waals surface area contributed by atoms with Gasteiger partial charge in [0.25, 0.3) is 0 Å². The number of fused-ring (bicyclic) bond motifs is 1. The van der Waals surface area contributed by atoms with Gasteiger partial charge in [-0.1, -0.05) is 36.4 Å². The van der Waals surface area contributed by atoms with Crippen molar-refractivity contribution in [2.45, 2.75) is 23.1 Å². The van der Waals surface area contributed by atoms with E-state index >= 15 is 0 Å². The summed E-state index contributed by atoms with van der Waals surface area (Å²) in [6, 6.07) is 12.7. The van der Waals surface area contributed by atoms with Gasteiger partial charge in [-0.2, -0.15) is 17.6 Å². The zero-order chi connectivity index (χ0) is 16.0. The highest BCUT2D eigenvalue weighted by molar-refractivity contribution is 9.10. The van der Waals surface area contributed by atoms with Crippen LogP contribution in [0.2, 0.25) is 0 Å². The van der Waals surface area contributed by atoms with Crippen molar-refractivity contribution in [2.75, 3.05) is 6.61 Å².